The highest BCUT2D eigenvalue weighted by atomic mass is 16.5. The Hall–Kier alpha value is -2.19. The molecule has 2 amide bonds. The van der Waals surface area contributed by atoms with Gasteiger partial charge in [-0.2, -0.15) is 0 Å². The Kier molecular flexibility index (Phi) is 6.57. The van der Waals surface area contributed by atoms with E-state index < -0.39 is 6.10 Å². The Balaban J connectivity index is 2.74. The Morgan fingerprint density at radius 3 is 2.76 bits per heavy atom. The van der Waals surface area contributed by atoms with Crippen molar-refractivity contribution in [3.05, 3.63) is 24.3 Å². The second-order valence-electron chi connectivity index (χ2n) is 5.05. The molecule has 0 aliphatic heterocycles. The molecule has 1 atom stereocenters. The van der Waals surface area contributed by atoms with Gasteiger partial charge in [0.2, 0.25) is 0 Å². The van der Waals surface area contributed by atoms with Crippen LogP contribution in [0.15, 0.2) is 24.3 Å². The van der Waals surface area contributed by atoms with Crippen LogP contribution in [0.25, 0.3) is 0 Å². The first-order valence-electron chi connectivity index (χ1n) is 6.86. The van der Waals surface area contributed by atoms with E-state index in [-0.39, 0.29) is 25.2 Å². The van der Waals surface area contributed by atoms with Gasteiger partial charge in [-0.05, 0) is 32.9 Å². The molecular formula is C16H22N2O3. The molecule has 2 N–H and O–H groups in total. The normalized spacial score (nSPS) is 11.6. The standard InChI is InChI=1S/C16H22N2O3/c1-5-9-21-15-8-6-7-14(10-15)17-16(20)18(12(2)3)11-13(4)19/h1,6-8,10,12-13,19H,9,11H2,2-4H3,(H,17,20). The number of aliphatic hydroxyl groups excluding tert-OH is 1. The number of terminal acetylenes is 1. The molecule has 0 spiro atoms. The fraction of sp³-hybridized carbons (Fsp3) is 0.438. The van der Waals surface area contributed by atoms with Gasteiger partial charge in [0.15, 0.2) is 0 Å². The maximum absolute atomic E-state index is 12.2. The molecule has 21 heavy (non-hydrogen) atoms. The average molecular weight is 290 g/mol. The zero-order chi connectivity index (χ0) is 15.8. The Morgan fingerprint density at radius 2 is 2.19 bits per heavy atom. The number of anilines is 1. The van der Waals surface area contributed by atoms with Crippen molar-refractivity contribution in [2.24, 2.45) is 0 Å². The van der Waals surface area contributed by atoms with Crippen molar-refractivity contribution in [2.75, 3.05) is 18.5 Å². The lowest BCUT2D eigenvalue weighted by Crippen LogP contribution is -2.43. The summed E-state index contributed by atoms with van der Waals surface area (Å²) < 4.78 is 5.31. The van der Waals surface area contributed by atoms with Gasteiger partial charge in [-0.1, -0.05) is 12.0 Å². The quantitative estimate of drug-likeness (QED) is 0.790. The zero-order valence-electron chi connectivity index (χ0n) is 12.7. The van der Waals surface area contributed by atoms with Crippen LogP contribution in [0.1, 0.15) is 20.8 Å². The first-order valence-corrected chi connectivity index (χ1v) is 6.86. The number of amides is 2. The lowest BCUT2D eigenvalue weighted by molar-refractivity contribution is 0.125. The van der Waals surface area contributed by atoms with Crippen molar-refractivity contribution < 1.29 is 14.6 Å². The van der Waals surface area contributed by atoms with E-state index in [1.807, 2.05) is 13.8 Å². The molecule has 0 fully saturated rings. The minimum absolute atomic E-state index is 0.0135. The first kappa shape index (κ1) is 16.9. The predicted octanol–water partition coefficient (Wildman–Crippen LogP) is 2.32. The highest BCUT2D eigenvalue weighted by Crippen LogP contribution is 2.18. The van der Waals surface area contributed by atoms with Crippen molar-refractivity contribution in [1.82, 2.24) is 4.90 Å². The number of hydrogen-bond donors (Lipinski definition) is 2. The third kappa shape index (κ3) is 5.76. The number of ether oxygens (including phenoxy) is 1. The van der Waals surface area contributed by atoms with Gasteiger partial charge in [0.25, 0.3) is 0 Å². The van der Waals surface area contributed by atoms with Gasteiger partial charge in [-0.15, -0.1) is 6.42 Å². The van der Waals surface area contributed by atoms with Crippen LogP contribution in [0.4, 0.5) is 10.5 Å². The maximum atomic E-state index is 12.2. The number of aliphatic hydroxyl groups is 1. The second-order valence-corrected chi connectivity index (χ2v) is 5.05. The molecule has 0 bridgehead atoms. The summed E-state index contributed by atoms with van der Waals surface area (Å²) in [5.41, 5.74) is 0.616. The molecule has 1 rings (SSSR count). The SMILES string of the molecule is C#CCOc1cccc(NC(=O)N(CC(C)O)C(C)C)c1. The summed E-state index contributed by atoms with van der Waals surface area (Å²) in [7, 11) is 0. The van der Waals surface area contributed by atoms with E-state index in [1.54, 1.807) is 36.1 Å². The summed E-state index contributed by atoms with van der Waals surface area (Å²) >= 11 is 0. The summed E-state index contributed by atoms with van der Waals surface area (Å²) in [4.78, 5) is 13.8. The Bertz CT molecular complexity index is 506. The number of rotatable bonds is 6. The van der Waals surface area contributed by atoms with Crippen LogP contribution in [0.2, 0.25) is 0 Å². The molecule has 0 radical (unpaired) electrons. The predicted molar refractivity (Wildman–Crippen MR) is 83.3 cm³/mol. The van der Waals surface area contributed by atoms with Crippen molar-refractivity contribution in [2.45, 2.75) is 32.9 Å². The number of nitrogens with one attached hydrogen (secondary N) is 1. The fourth-order valence-electron chi connectivity index (χ4n) is 1.80. The number of nitrogens with zero attached hydrogens (tertiary/aromatic N) is 1. The average Bonchev–Trinajstić information content (AvgIpc) is 2.42. The third-order valence-corrected chi connectivity index (χ3v) is 2.75. The van der Waals surface area contributed by atoms with E-state index >= 15 is 0 Å². The number of carbonyl (C=O) groups is 1. The van der Waals surface area contributed by atoms with Gasteiger partial charge in [-0.3, -0.25) is 0 Å². The van der Waals surface area contributed by atoms with Gasteiger partial charge in [0.05, 0.1) is 6.10 Å². The Morgan fingerprint density at radius 1 is 1.48 bits per heavy atom. The van der Waals surface area contributed by atoms with Crippen LogP contribution in [0.3, 0.4) is 0 Å². The first-order chi connectivity index (χ1) is 9.93. The molecule has 0 saturated heterocycles. The molecular weight excluding hydrogens is 268 g/mol. The van der Waals surface area contributed by atoms with E-state index in [1.165, 1.54) is 0 Å². The molecule has 1 aromatic rings. The molecule has 1 unspecified atom stereocenters. The summed E-state index contributed by atoms with van der Waals surface area (Å²) in [5.74, 6) is 2.98. The van der Waals surface area contributed by atoms with Gasteiger partial charge in [0, 0.05) is 24.3 Å². The monoisotopic (exact) mass is 290 g/mol. The van der Waals surface area contributed by atoms with Gasteiger partial charge < -0.3 is 20.1 Å². The van der Waals surface area contributed by atoms with Crippen LogP contribution in [-0.2, 0) is 0 Å². The van der Waals surface area contributed by atoms with Crippen LogP contribution in [0, 0.1) is 12.3 Å². The summed E-state index contributed by atoms with van der Waals surface area (Å²) in [6.45, 7) is 5.90. The van der Waals surface area contributed by atoms with Crippen LogP contribution in [0.5, 0.6) is 5.75 Å². The van der Waals surface area contributed by atoms with Gasteiger partial charge >= 0.3 is 6.03 Å². The van der Waals surface area contributed by atoms with Crippen molar-refractivity contribution in [3.63, 3.8) is 0 Å². The van der Waals surface area contributed by atoms with Crippen LogP contribution < -0.4 is 10.1 Å². The fourth-order valence-corrected chi connectivity index (χ4v) is 1.80. The van der Waals surface area contributed by atoms with Gasteiger partial charge in [-0.25, -0.2) is 4.79 Å². The molecule has 5 nitrogen and oxygen atoms in total. The number of carbonyl (C=O) groups excluding carboxylic acids is 1. The number of urea groups is 1. The van der Waals surface area contributed by atoms with Crippen molar-refractivity contribution in [3.8, 4) is 18.1 Å². The van der Waals surface area contributed by atoms with Gasteiger partial charge in [0.1, 0.15) is 12.4 Å². The summed E-state index contributed by atoms with van der Waals surface area (Å²) in [6.07, 6.45) is 4.56. The highest BCUT2D eigenvalue weighted by Gasteiger charge is 2.18. The molecule has 0 aliphatic rings. The summed E-state index contributed by atoms with van der Waals surface area (Å²) in [5, 5.41) is 12.3. The largest absolute Gasteiger partial charge is 0.481 e. The molecule has 0 aliphatic carbocycles. The minimum atomic E-state index is -0.580. The molecule has 114 valence electrons. The van der Waals surface area contributed by atoms with Crippen molar-refractivity contribution in [1.29, 1.82) is 0 Å². The van der Waals surface area contributed by atoms with Crippen LogP contribution >= 0.6 is 0 Å². The number of hydrogen-bond acceptors (Lipinski definition) is 3. The molecule has 0 saturated carbocycles. The van der Waals surface area contributed by atoms with E-state index in [0.717, 1.165) is 0 Å². The summed E-state index contributed by atoms with van der Waals surface area (Å²) in [6, 6.07) is 6.73. The van der Waals surface area contributed by atoms with Crippen LogP contribution in [-0.4, -0.2) is 41.3 Å². The lowest BCUT2D eigenvalue weighted by atomic mass is 10.2. The lowest BCUT2D eigenvalue weighted by Gasteiger charge is -2.28. The van der Waals surface area contributed by atoms with E-state index in [0.29, 0.717) is 11.4 Å². The number of benzene rings is 1. The Labute approximate surface area is 125 Å². The second kappa shape index (κ2) is 8.18. The third-order valence-electron chi connectivity index (χ3n) is 2.75. The molecule has 0 heterocycles. The highest BCUT2D eigenvalue weighted by molar-refractivity contribution is 5.89. The molecule has 0 aromatic heterocycles. The van der Waals surface area contributed by atoms with E-state index in [9.17, 15) is 9.90 Å². The topological polar surface area (TPSA) is 61.8 Å². The van der Waals surface area contributed by atoms with Crippen molar-refractivity contribution >= 4 is 11.7 Å². The van der Waals surface area contributed by atoms with E-state index in [2.05, 4.69) is 11.2 Å². The molecule has 1 aromatic carbocycles. The maximum Gasteiger partial charge on any atom is 0.322 e. The minimum Gasteiger partial charge on any atom is -0.481 e. The molecule has 5 heteroatoms. The smallest absolute Gasteiger partial charge is 0.322 e. The zero-order valence-corrected chi connectivity index (χ0v) is 12.7. The van der Waals surface area contributed by atoms with E-state index in [4.69, 9.17) is 11.2 Å².